The Labute approximate surface area is 362 Å². The first-order chi connectivity index (χ1) is 29.0. The monoisotopic (exact) mass is 979 g/mol. The number of nitrogen functional groups attached to an aromatic ring is 1. The van der Waals surface area contributed by atoms with E-state index in [4.69, 9.17) is 44.7 Å². The topological polar surface area (TPSA) is 371 Å². The molecule has 61 heavy (non-hydrogen) atoms. The Morgan fingerprint density at radius 2 is 1.30 bits per heavy atom. The Kier molecular flexibility index (Phi) is 14.7. The molecule has 32 heteroatoms. The van der Waals surface area contributed by atoms with Gasteiger partial charge >= 0.3 is 0 Å². The normalized spacial score (nSPS) is 12.4. The fourth-order valence-electron chi connectivity index (χ4n) is 5.27. The lowest BCUT2D eigenvalue weighted by molar-refractivity contribution is -0.432. The second-order valence-electron chi connectivity index (χ2n) is 11.1. The molecule has 5 aromatic carbocycles. The molecule has 0 bridgehead atoms. The van der Waals surface area contributed by atoms with Crippen molar-refractivity contribution in [3.05, 3.63) is 71.2 Å². The standard InChI is InChI=1S/C29H19Cl2N9O16S5/c30-27-34-28(31)36-29(35-27)33-12-4-7-17(57-54-51-42)16(10-12)38-40-24-20(61(48,49)50)9-11-8-18(58-55-52-43)23(22(32)21(11)25(24)41)39-37-15-6-5-13-14(26(15)59-56-53-44)2-1-3-19(13)60(45,46)47/h1-10,41-44H,32H2,(H,45,46,47)(H,48,49,50)(H,33,34,35,36). The molecule has 0 spiro atoms. The van der Waals surface area contributed by atoms with Crippen LogP contribution in [-0.2, 0) is 48.4 Å². The molecule has 6 rings (SSSR count). The number of aromatic nitrogens is 3. The summed E-state index contributed by atoms with van der Waals surface area (Å²) >= 11 is 12.8. The average molecular weight is 981 g/mol. The summed E-state index contributed by atoms with van der Waals surface area (Å²) in [6.07, 6.45) is 0. The van der Waals surface area contributed by atoms with Crippen molar-refractivity contribution in [1.29, 1.82) is 0 Å². The molecule has 0 aliphatic carbocycles. The highest BCUT2D eigenvalue weighted by Crippen LogP contribution is 2.50. The van der Waals surface area contributed by atoms with Crippen LogP contribution in [0.5, 0.6) is 5.75 Å². The first-order valence-electron chi connectivity index (χ1n) is 15.4. The molecular formula is C29H19Cl2N9O16S5. The van der Waals surface area contributed by atoms with E-state index < -0.39 is 47.2 Å². The maximum absolute atomic E-state index is 12.7. The number of nitrogens with two attached hydrogens (primary N) is 1. The summed E-state index contributed by atoms with van der Waals surface area (Å²) in [7, 11) is -9.93. The molecule has 0 saturated carbocycles. The number of phenols is 1. The molecular weight excluding hydrogens is 962 g/mol. The number of azo groups is 2. The maximum atomic E-state index is 12.7. The number of hydrogen-bond acceptors (Lipinski definition) is 26. The van der Waals surface area contributed by atoms with Gasteiger partial charge < -0.3 is 16.2 Å². The summed E-state index contributed by atoms with van der Waals surface area (Å²) < 4.78 is 83.3. The lowest BCUT2D eigenvalue weighted by Gasteiger charge is -2.14. The predicted octanol–water partition coefficient (Wildman–Crippen LogP) is 9.13. The first-order valence-corrected chi connectivity index (χ1v) is 21.3. The van der Waals surface area contributed by atoms with Gasteiger partial charge in [-0.2, -0.15) is 31.8 Å². The molecule has 0 unspecified atom stereocenters. The molecule has 9 N–H and O–H groups in total. The number of nitrogens with one attached hydrogen (secondary N) is 1. The zero-order chi connectivity index (χ0) is 44.1. The van der Waals surface area contributed by atoms with Gasteiger partial charge in [0.2, 0.25) is 16.5 Å². The Morgan fingerprint density at radius 3 is 1.95 bits per heavy atom. The molecule has 1 heterocycles. The van der Waals surface area contributed by atoms with Crippen LogP contribution in [0.15, 0.2) is 106 Å². The summed E-state index contributed by atoms with van der Waals surface area (Å²) in [5.41, 5.74) is 4.88. The van der Waals surface area contributed by atoms with Crippen LogP contribution in [-0.4, -0.2) is 61.8 Å². The molecule has 0 atom stereocenters. The quantitative estimate of drug-likeness (QED) is 0.0105. The SMILES string of the molecule is Nc1c(N=Nc2ccc3c(S(=O)(=O)O)cccc3c2SOOO)c(SOOO)cc2cc(S(=O)(=O)O)c(N=Nc3cc(Nc4nc(Cl)nc(Cl)n4)ccc3SOOO)c(O)c12. The average Bonchev–Trinajstić information content (AvgIpc) is 3.19. The predicted molar refractivity (Wildman–Crippen MR) is 213 cm³/mol. The van der Waals surface area contributed by atoms with Gasteiger partial charge in [-0.3, -0.25) is 9.11 Å². The van der Waals surface area contributed by atoms with Gasteiger partial charge in [0.25, 0.3) is 20.2 Å². The maximum Gasteiger partial charge on any atom is 0.296 e. The lowest BCUT2D eigenvalue weighted by atomic mass is 10.1. The van der Waals surface area contributed by atoms with Gasteiger partial charge in [0.15, 0.2) is 5.75 Å². The molecule has 0 fully saturated rings. The number of phenolic OH excluding ortho intramolecular Hbond substituents is 1. The van der Waals surface area contributed by atoms with Crippen LogP contribution in [0.1, 0.15) is 0 Å². The number of nitrogens with zero attached hydrogens (tertiary/aromatic N) is 7. The largest absolute Gasteiger partial charge is 0.505 e. The van der Waals surface area contributed by atoms with Crippen LogP contribution in [0.2, 0.25) is 10.6 Å². The van der Waals surface area contributed by atoms with E-state index in [1.54, 1.807) is 0 Å². The third-order valence-corrected chi connectivity index (χ3v) is 11.7. The highest BCUT2D eigenvalue weighted by molar-refractivity contribution is 7.95. The summed E-state index contributed by atoms with van der Waals surface area (Å²) in [5, 5.41) is 67.4. The second kappa shape index (κ2) is 19.6. The highest BCUT2D eigenvalue weighted by Gasteiger charge is 2.26. The lowest BCUT2D eigenvalue weighted by Crippen LogP contribution is -2.00. The van der Waals surface area contributed by atoms with E-state index in [-0.39, 0.29) is 87.5 Å². The van der Waals surface area contributed by atoms with Gasteiger partial charge in [-0.25, -0.2) is 15.8 Å². The Hall–Kier alpha value is -4.68. The smallest absolute Gasteiger partial charge is 0.296 e. The second-order valence-corrected chi connectivity index (χ2v) is 16.8. The fourth-order valence-corrected chi connectivity index (χ4v) is 8.48. The molecule has 320 valence electrons. The number of fused-ring (bicyclic) bond motifs is 2. The van der Waals surface area contributed by atoms with Crippen LogP contribution < -0.4 is 11.1 Å². The Balaban J connectivity index is 1.52. The van der Waals surface area contributed by atoms with Crippen LogP contribution in [0.3, 0.4) is 0 Å². The molecule has 0 amide bonds. The summed E-state index contributed by atoms with van der Waals surface area (Å²) in [4.78, 5) is 9.89. The van der Waals surface area contributed by atoms with E-state index in [0.717, 1.165) is 18.2 Å². The van der Waals surface area contributed by atoms with E-state index >= 15 is 0 Å². The van der Waals surface area contributed by atoms with E-state index in [2.05, 4.69) is 68.8 Å². The van der Waals surface area contributed by atoms with Gasteiger partial charge in [0.1, 0.15) is 32.5 Å². The van der Waals surface area contributed by atoms with Crippen molar-refractivity contribution in [3.63, 3.8) is 0 Å². The zero-order valence-electron chi connectivity index (χ0n) is 29.0. The molecule has 0 aliphatic heterocycles. The number of aromatic hydroxyl groups is 1. The number of hydrogen-bond donors (Lipinski definition) is 8. The van der Waals surface area contributed by atoms with E-state index in [1.165, 1.54) is 42.5 Å². The number of anilines is 3. The number of benzene rings is 5. The van der Waals surface area contributed by atoms with E-state index in [1.807, 2.05) is 0 Å². The fraction of sp³-hybridized carbons (Fsp3) is 0. The highest BCUT2D eigenvalue weighted by atomic mass is 35.5. The number of rotatable bonds is 17. The minimum Gasteiger partial charge on any atom is -0.505 e. The molecule has 0 aliphatic rings. The van der Waals surface area contributed by atoms with Crippen LogP contribution in [0, 0.1) is 0 Å². The van der Waals surface area contributed by atoms with Gasteiger partial charge in [-0.1, -0.05) is 33.3 Å². The third-order valence-electron chi connectivity index (χ3n) is 7.59. The van der Waals surface area contributed by atoms with Gasteiger partial charge in [-0.05, 0) is 71.1 Å². The molecule has 25 nitrogen and oxygen atoms in total. The zero-order valence-corrected chi connectivity index (χ0v) is 34.6. The van der Waals surface area contributed by atoms with Crippen molar-refractivity contribution in [2.24, 2.45) is 20.5 Å². The minimum atomic E-state index is -5.21. The minimum absolute atomic E-state index is 0.00440. The van der Waals surface area contributed by atoms with Gasteiger partial charge in [-0.15, -0.1) is 33.5 Å². The molecule has 6 aromatic rings. The summed E-state index contributed by atoms with van der Waals surface area (Å²) in [6.45, 7) is 0. The van der Waals surface area contributed by atoms with Crippen LogP contribution in [0.25, 0.3) is 21.5 Å². The van der Waals surface area contributed by atoms with E-state index in [0.29, 0.717) is 24.1 Å². The Bertz CT molecular complexity index is 2940. The van der Waals surface area contributed by atoms with Crippen molar-refractivity contribution in [3.8, 4) is 5.75 Å². The molecule has 0 radical (unpaired) electrons. The van der Waals surface area contributed by atoms with Crippen molar-refractivity contribution >= 4 is 141 Å². The van der Waals surface area contributed by atoms with Crippen molar-refractivity contribution in [1.82, 2.24) is 15.0 Å². The van der Waals surface area contributed by atoms with Gasteiger partial charge in [0, 0.05) is 16.5 Å². The van der Waals surface area contributed by atoms with Crippen LogP contribution in [0.4, 0.5) is 40.1 Å². The first kappa shape index (κ1) is 45.8. The summed E-state index contributed by atoms with van der Waals surface area (Å²) in [5.74, 6) is -1.07. The van der Waals surface area contributed by atoms with E-state index in [9.17, 15) is 31.0 Å². The van der Waals surface area contributed by atoms with Crippen molar-refractivity contribution < 1.29 is 74.9 Å². The Morgan fingerprint density at radius 1 is 0.672 bits per heavy atom. The number of halogens is 2. The van der Waals surface area contributed by atoms with Gasteiger partial charge in [0.05, 0.1) is 61.9 Å². The molecule has 1 aromatic heterocycles. The molecule has 0 saturated heterocycles. The van der Waals surface area contributed by atoms with Crippen LogP contribution >= 0.6 is 59.3 Å². The summed E-state index contributed by atoms with van der Waals surface area (Å²) in [6, 6.07) is 12.5. The van der Waals surface area contributed by atoms with Crippen molar-refractivity contribution in [2.75, 3.05) is 11.1 Å². The third kappa shape index (κ3) is 10.7. The van der Waals surface area contributed by atoms with Crippen molar-refractivity contribution in [2.45, 2.75) is 24.5 Å².